The molecule has 26 heavy (non-hydrogen) atoms. The van der Waals surface area contributed by atoms with Gasteiger partial charge in [-0.05, 0) is 74.4 Å². The maximum atomic E-state index is 5.66. The van der Waals surface area contributed by atoms with Gasteiger partial charge in [0.2, 0.25) is 0 Å². The van der Waals surface area contributed by atoms with E-state index in [-0.39, 0.29) is 0 Å². The van der Waals surface area contributed by atoms with Gasteiger partial charge in [0, 0.05) is 12.2 Å². The zero-order valence-electron chi connectivity index (χ0n) is 15.5. The maximum Gasteiger partial charge on any atom is 0.170 e. The quantitative estimate of drug-likeness (QED) is 0.647. The second-order valence-electron chi connectivity index (χ2n) is 5.51. The number of methoxy groups -OCH3 is 1. The first-order valence-electron chi connectivity index (χ1n) is 8.73. The fraction of sp³-hybridized carbons (Fsp3) is 0.350. The van der Waals surface area contributed by atoms with Crippen molar-refractivity contribution in [1.82, 2.24) is 5.32 Å². The smallest absolute Gasteiger partial charge is 0.170 e. The molecule has 0 bridgehead atoms. The third kappa shape index (κ3) is 6.11. The maximum absolute atomic E-state index is 5.66. The Kier molecular flexibility index (Phi) is 8.02. The molecule has 0 atom stereocenters. The number of thiocarbonyl (C=S) groups is 1. The molecular weight excluding hydrogens is 348 g/mol. The minimum absolute atomic E-state index is 0.589. The summed E-state index contributed by atoms with van der Waals surface area (Å²) in [6, 6.07) is 13.7. The summed E-state index contributed by atoms with van der Waals surface area (Å²) in [4.78, 5) is 0. The van der Waals surface area contributed by atoms with Crippen LogP contribution in [-0.2, 0) is 6.42 Å². The highest BCUT2D eigenvalue weighted by molar-refractivity contribution is 7.80. The predicted molar refractivity (Wildman–Crippen MR) is 110 cm³/mol. The van der Waals surface area contributed by atoms with Crippen LogP contribution in [0.3, 0.4) is 0 Å². The summed E-state index contributed by atoms with van der Waals surface area (Å²) < 4.78 is 16.4. The Hall–Kier alpha value is -2.47. The molecule has 2 N–H and O–H groups in total. The molecule has 6 heteroatoms. The van der Waals surface area contributed by atoms with Crippen molar-refractivity contribution in [3.8, 4) is 17.2 Å². The lowest BCUT2D eigenvalue weighted by molar-refractivity contribution is 0.287. The fourth-order valence-electron chi connectivity index (χ4n) is 2.42. The van der Waals surface area contributed by atoms with Gasteiger partial charge in [0.1, 0.15) is 5.75 Å². The molecule has 0 aromatic heterocycles. The highest BCUT2D eigenvalue weighted by Gasteiger charge is 2.06. The lowest BCUT2D eigenvalue weighted by Crippen LogP contribution is -2.30. The van der Waals surface area contributed by atoms with Gasteiger partial charge < -0.3 is 24.8 Å². The van der Waals surface area contributed by atoms with Crippen molar-refractivity contribution in [2.75, 3.05) is 32.2 Å². The standard InChI is InChI=1S/C20H26N2O3S/c1-4-24-18-11-6-15(14-19(18)25-5-2)12-13-21-20(26)22-16-7-9-17(23-3)10-8-16/h6-11,14H,4-5,12-13H2,1-3H3,(H2,21,22,26). The normalized spacial score (nSPS) is 10.1. The first-order valence-corrected chi connectivity index (χ1v) is 9.14. The Morgan fingerprint density at radius 3 is 2.31 bits per heavy atom. The number of ether oxygens (including phenoxy) is 3. The Labute approximate surface area is 160 Å². The van der Waals surface area contributed by atoms with Crippen LogP contribution >= 0.6 is 12.2 Å². The van der Waals surface area contributed by atoms with Crippen molar-refractivity contribution in [2.45, 2.75) is 20.3 Å². The highest BCUT2D eigenvalue weighted by Crippen LogP contribution is 2.28. The Morgan fingerprint density at radius 1 is 0.962 bits per heavy atom. The molecule has 0 heterocycles. The molecule has 0 saturated heterocycles. The third-order valence-corrected chi connectivity index (χ3v) is 3.90. The molecular formula is C20H26N2O3S. The van der Waals surface area contributed by atoms with Gasteiger partial charge in [0.15, 0.2) is 16.6 Å². The first-order chi connectivity index (χ1) is 12.7. The van der Waals surface area contributed by atoms with E-state index < -0.39 is 0 Å². The summed E-state index contributed by atoms with van der Waals surface area (Å²) in [5.41, 5.74) is 2.08. The predicted octanol–water partition coefficient (Wildman–Crippen LogP) is 4.02. The summed E-state index contributed by atoms with van der Waals surface area (Å²) in [5, 5.41) is 6.96. The molecule has 2 rings (SSSR count). The van der Waals surface area contributed by atoms with E-state index in [1.165, 1.54) is 0 Å². The van der Waals surface area contributed by atoms with Crippen LogP contribution < -0.4 is 24.8 Å². The minimum Gasteiger partial charge on any atom is -0.497 e. The van der Waals surface area contributed by atoms with Crippen LogP contribution in [0.2, 0.25) is 0 Å². The largest absolute Gasteiger partial charge is 0.497 e. The van der Waals surface area contributed by atoms with Gasteiger partial charge in [-0.3, -0.25) is 0 Å². The van der Waals surface area contributed by atoms with E-state index in [0.717, 1.165) is 41.5 Å². The van der Waals surface area contributed by atoms with Gasteiger partial charge in [0.05, 0.1) is 20.3 Å². The Bertz CT molecular complexity index is 705. The van der Waals surface area contributed by atoms with Crippen molar-refractivity contribution < 1.29 is 14.2 Å². The molecule has 0 spiro atoms. The molecule has 0 amide bonds. The van der Waals surface area contributed by atoms with Crippen molar-refractivity contribution in [3.63, 3.8) is 0 Å². The van der Waals surface area contributed by atoms with Crippen LogP contribution in [0, 0.1) is 0 Å². The number of benzene rings is 2. The van der Waals surface area contributed by atoms with E-state index in [1.807, 2.05) is 50.2 Å². The van der Waals surface area contributed by atoms with E-state index in [1.54, 1.807) is 7.11 Å². The molecule has 140 valence electrons. The topological polar surface area (TPSA) is 51.8 Å². The summed E-state index contributed by atoms with van der Waals surface area (Å²) in [7, 11) is 1.65. The fourth-order valence-corrected chi connectivity index (χ4v) is 2.64. The average Bonchev–Trinajstić information content (AvgIpc) is 2.65. The summed E-state index contributed by atoms with van der Waals surface area (Å²) in [6.07, 6.45) is 0.830. The van der Waals surface area contributed by atoms with Crippen LogP contribution in [0.15, 0.2) is 42.5 Å². The SMILES string of the molecule is CCOc1ccc(CCNC(=S)Nc2ccc(OC)cc2)cc1OCC. The number of rotatable bonds is 9. The monoisotopic (exact) mass is 374 g/mol. The molecule has 0 aliphatic heterocycles. The first kappa shape index (κ1) is 19.8. The van der Waals surface area contributed by atoms with E-state index in [2.05, 4.69) is 16.7 Å². The summed E-state index contributed by atoms with van der Waals surface area (Å²) in [6.45, 7) is 5.88. The van der Waals surface area contributed by atoms with Gasteiger partial charge in [-0.15, -0.1) is 0 Å². The second-order valence-corrected chi connectivity index (χ2v) is 5.91. The van der Waals surface area contributed by atoms with E-state index >= 15 is 0 Å². The lowest BCUT2D eigenvalue weighted by atomic mass is 10.1. The zero-order chi connectivity index (χ0) is 18.8. The highest BCUT2D eigenvalue weighted by atomic mass is 32.1. The molecule has 2 aromatic rings. The molecule has 0 radical (unpaired) electrons. The van der Waals surface area contributed by atoms with Gasteiger partial charge >= 0.3 is 0 Å². The number of hydrogen-bond donors (Lipinski definition) is 2. The van der Waals surface area contributed by atoms with Crippen LogP contribution in [0.4, 0.5) is 5.69 Å². The third-order valence-electron chi connectivity index (χ3n) is 3.65. The molecule has 2 aromatic carbocycles. The van der Waals surface area contributed by atoms with Gasteiger partial charge in [0.25, 0.3) is 0 Å². The van der Waals surface area contributed by atoms with Crippen molar-refractivity contribution in [2.24, 2.45) is 0 Å². The van der Waals surface area contributed by atoms with E-state index in [4.69, 9.17) is 26.4 Å². The van der Waals surface area contributed by atoms with E-state index in [0.29, 0.717) is 18.3 Å². The number of nitrogens with one attached hydrogen (secondary N) is 2. The van der Waals surface area contributed by atoms with E-state index in [9.17, 15) is 0 Å². The van der Waals surface area contributed by atoms with Crippen LogP contribution in [0.5, 0.6) is 17.2 Å². The number of hydrogen-bond acceptors (Lipinski definition) is 4. The van der Waals surface area contributed by atoms with Crippen LogP contribution in [0.1, 0.15) is 19.4 Å². The molecule has 5 nitrogen and oxygen atoms in total. The summed E-state index contributed by atoms with van der Waals surface area (Å²) in [5.74, 6) is 2.38. The van der Waals surface area contributed by atoms with Gasteiger partial charge in [-0.25, -0.2) is 0 Å². The van der Waals surface area contributed by atoms with Gasteiger partial charge in [-0.2, -0.15) is 0 Å². The molecule has 0 fully saturated rings. The molecule has 0 aliphatic carbocycles. The van der Waals surface area contributed by atoms with Crippen molar-refractivity contribution >= 4 is 23.0 Å². The lowest BCUT2D eigenvalue weighted by Gasteiger charge is -2.13. The summed E-state index contributed by atoms with van der Waals surface area (Å²) >= 11 is 5.34. The van der Waals surface area contributed by atoms with Crippen LogP contribution in [0.25, 0.3) is 0 Å². The Morgan fingerprint density at radius 2 is 1.65 bits per heavy atom. The number of anilines is 1. The molecule has 0 unspecified atom stereocenters. The molecule has 0 aliphatic rings. The second kappa shape index (κ2) is 10.5. The van der Waals surface area contributed by atoms with Crippen molar-refractivity contribution in [1.29, 1.82) is 0 Å². The van der Waals surface area contributed by atoms with Gasteiger partial charge in [-0.1, -0.05) is 6.07 Å². The average molecular weight is 375 g/mol. The van der Waals surface area contributed by atoms with Crippen LogP contribution in [-0.4, -0.2) is 32.0 Å². The Balaban J connectivity index is 1.84. The minimum atomic E-state index is 0.589. The zero-order valence-corrected chi connectivity index (χ0v) is 16.3. The molecule has 0 saturated carbocycles. The van der Waals surface area contributed by atoms with Crippen molar-refractivity contribution in [3.05, 3.63) is 48.0 Å².